The highest BCUT2D eigenvalue weighted by Gasteiger charge is 2.59. The van der Waals surface area contributed by atoms with Gasteiger partial charge in [-0.3, -0.25) is 14.6 Å². The molecular weight excluding hydrogens is 512 g/mol. The first-order valence-electron chi connectivity index (χ1n) is 14.6. The summed E-state index contributed by atoms with van der Waals surface area (Å²) in [7, 11) is 0. The summed E-state index contributed by atoms with van der Waals surface area (Å²) in [5, 5.41) is 3.47. The normalized spacial score (nSPS) is 29.1. The molecule has 210 valence electrons. The Morgan fingerprint density at radius 1 is 1.10 bits per heavy atom. The zero-order chi connectivity index (χ0) is 28.4. The van der Waals surface area contributed by atoms with Crippen molar-refractivity contribution in [2.75, 3.05) is 13.2 Å². The number of carbonyl (C=O) groups excluding carboxylic acids is 2. The number of Topliss-reactive ketones (excluding diaryl/α,β-unsaturated/α-hetero) is 1. The van der Waals surface area contributed by atoms with Gasteiger partial charge < -0.3 is 15.8 Å². The number of aryl methyl sites for hydroxylation is 1. The number of aliphatic imine (C=N–C) groups is 1. The topological polar surface area (TPSA) is 107 Å². The van der Waals surface area contributed by atoms with Gasteiger partial charge in [-0.25, -0.2) is 4.99 Å². The maximum atomic E-state index is 13.1. The molecule has 1 atom stereocenters. The summed E-state index contributed by atoms with van der Waals surface area (Å²) in [6.07, 6.45) is 13.4. The molecule has 2 aromatic rings. The molecule has 1 amide bonds. The largest absolute Gasteiger partial charge is 0.383 e. The molecular formula is C34H36N4O3. The molecule has 0 radical (unpaired) electrons. The maximum Gasteiger partial charge on any atom is 0.231 e. The first-order valence-corrected chi connectivity index (χ1v) is 14.6. The van der Waals surface area contributed by atoms with E-state index in [0.29, 0.717) is 24.6 Å². The molecule has 1 unspecified atom stereocenters. The summed E-state index contributed by atoms with van der Waals surface area (Å²) in [6.45, 7) is 5.00. The van der Waals surface area contributed by atoms with Crippen LogP contribution >= 0.6 is 0 Å². The molecule has 7 nitrogen and oxygen atoms in total. The molecule has 2 aliphatic heterocycles. The lowest BCUT2D eigenvalue weighted by Gasteiger charge is -2.40. The second kappa shape index (κ2) is 9.35. The van der Waals surface area contributed by atoms with Crippen molar-refractivity contribution in [2.45, 2.75) is 57.9 Å². The number of carbonyl (C=O) groups is 2. The van der Waals surface area contributed by atoms with Crippen LogP contribution in [0.25, 0.3) is 5.57 Å². The van der Waals surface area contributed by atoms with Crippen LogP contribution in [-0.2, 0) is 16.0 Å². The van der Waals surface area contributed by atoms with Gasteiger partial charge >= 0.3 is 0 Å². The number of amidine groups is 1. The van der Waals surface area contributed by atoms with E-state index in [9.17, 15) is 9.59 Å². The lowest BCUT2D eigenvalue weighted by molar-refractivity contribution is -0.159. The number of allylic oxidation sites excluding steroid dienone is 4. The van der Waals surface area contributed by atoms with Gasteiger partial charge in [0.25, 0.3) is 0 Å². The van der Waals surface area contributed by atoms with E-state index in [1.165, 1.54) is 5.57 Å². The summed E-state index contributed by atoms with van der Waals surface area (Å²) in [5.41, 5.74) is 13.1. The van der Waals surface area contributed by atoms with E-state index < -0.39 is 5.41 Å². The van der Waals surface area contributed by atoms with Crippen molar-refractivity contribution in [1.29, 1.82) is 0 Å². The SMILES string of the molecule is Cc1ccnc(CC(=O)c2ccc(C3=C4C(N)=NC=CC4C(C45CCC(NC(=O)C6(C)COC6)(CC4)C5)=C3)cc2)c1. The van der Waals surface area contributed by atoms with E-state index in [4.69, 9.17) is 10.5 Å². The minimum Gasteiger partial charge on any atom is -0.383 e. The van der Waals surface area contributed by atoms with Gasteiger partial charge in [0.1, 0.15) is 5.84 Å². The number of pyridine rings is 1. The molecule has 2 bridgehead atoms. The Hall–Kier alpha value is -3.84. The molecule has 1 aromatic carbocycles. The van der Waals surface area contributed by atoms with Crippen LogP contribution < -0.4 is 11.1 Å². The first kappa shape index (κ1) is 26.1. The minimum absolute atomic E-state index is 0.0284. The van der Waals surface area contributed by atoms with Gasteiger partial charge in [0.15, 0.2) is 5.78 Å². The third-order valence-electron chi connectivity index (χ3n) is 10.1. The molecule has 2 saturated carbocycles. The number of rotatable bonds is 7. The fourth-order valence-electron chi connectivity index (χ4n) is 7.64. The van der Waals surface area contributed by atoms with Gasteiger partial charge in [-0.15, -0.1) is 0 Å². The molecule has 3 N–H and O–H groups in total. The third kappa shape index (κ3) is 4.29. The highest BCUT2D eigenvalue weighted by Crippen LogP contribution is 2.64. The fraction of sp³-hybridized carbons (Fsp3) is 0.412. The van der Waals surface area contributed by atoms with Crippen LogP contribution in [0.4, 0.5) is 0 Å². The number of hydrogen-bond donors (Lipinski definition) is 2. The number of fused-ring (bicyclic) bond motifs is 3. The van der Waals surface area contributed by atoms with E-state index in [2.05, 4.69) is 27.4 Å². The molecule has 5 aliphatic rings. The predicted octanol–water partition coefficient (Wildman–Crippen LogP) is 4.87. The van der Waals surface area contributed by atoms with Crippen molar-refractivity contribution in [3.8, 4) is 0 Å². The number of benzene rings is 1. The molecule has 1 aromatic heterocycles. The van der Waals surface area contributed by atoms with Crippen molar-refractivity contribution >= 4 is 23.1 Å². The fourth-order valence-corrected chi connectivity index (χ4v) is 7.64. The molecule has 7 heteroatoms. The number of nitrogens with two attached hydrogens (primary N) is 1. The Bertz CT molecular complexity index is 1570. The van der Waals surface area contributed by atoms with Gasteiger partial charge in [-0.1, -0.05) is 42.0 Å². The molecule has 1 saturated heterocycles. The molecule has 41 heavy (non-hydrogen) atoms. The smallest absolute Gasteiger partial charge is 0.231 e. The molecule has 3 heterocycles. The number of aromatic nitrogens is 1. The second-order valence-corrected chi connectivity index (χ2v) is 13.0. The van der Waals surface area contributed by atoms with Crippen molar-refractivity contribution in [3.05, 3.63) is 94.5 Å². The Labute approximate surface area is 240 Å². The quantitative estimate of drug-likeness (QED) is 0.481. The highest BCUT2D eigenvalue weighted by molar-refractivity contribution is 6.10. The van der Waals surface area contributed by atoms with Crippen LogP contribution in [0.5, 0.6) is 0 Å². The zero-order valence-electron chi connectivity index (χ0n) is 23.7. The molecule has 0 spiro atoms. The van der Waals surface area contributed by atoms with E-state index in [1.54, 1.807) is 6.20 Å². The average molecular weight is 549 g/mol. The number of ketones is 1. The molecule has 3 fully saturated rings. The Morgan fingerprint density at radius 3 is 2.54 bits per heavy atom. The monoisotopic (exact) mass is 548 g/mol. The standard InChI is InChI=1S/C34H36N4O3/c1-21-7-13-36-24(15-21)16-28(39)23-5-3-22(4-6-23)26-17-27(25-8-14-37-30(35)29(25)26)33-9-11-34(18-33,12-10-33)38-31(40)32(2)19-41-20-32/h3-8,13-15,17,25H,9-12,16,18-20H2,1-2H3,(H2,35,37)(H,38,40). The number of nitrogens with one attached hydrogen (secondary N) is 1. The number of nitrogens with zero attached hydrogens (tertiary/aromatic N) is 2. The maximum absolute atomic E-state index is 13.1. The summed E-state index contributed by atoms with van der Waals surface area (Å²) >= 11 is 0. The van der Waals surface area contributed by atoms with E-state index in [-0.39, 0.29) is 35.0 Å². The highest BCUT2D eigenvalue weighted by atomic mass is 16.5. The predicted molar refractivity (Wildman–Crippen MR) is 158 cm³/mol. The van der Waals surface area contributed by atoms with Crippen molar-refractivity contribution in [1.82, 2.24) is 10.3 Å². The summed E-state index contributed by atoms with van der Waals surface area (Å²) in [5.74, 6) is 0.807. The number of ether oxygens (including phenoxy) is 1. The second-order valence-electron chi connectivity index (χ2n) is 13.0. The van der Waals surface area contributed by atoms with Crippen LogP contribution in [0.3, 0.4) is 0 Å². The molecule has 7 rings (SSSR count). The van der Waals surface area contributed by atoms with Crippen LogP contribution in [-0.4, -0.2) is 41.3 Å². The van der Waals surface area contributed by atoms with Crippen LogP contribution in [0, 0.1) is 23.7 Å². The minimum atomic E-state index is -0.405. The van der Waals surface area contributed by atoms with Gasteiger partial charge in [-0.05, 0) is 80.2 Å². The summed E-state index contributed by atoms with van der Waals surface area (Å²) in [4.78, 5) is 34.9. The Balaban J connectivity index is 1.15. The summed E-state index contributed by atoms with van der Waals surface area (Å²) < 4.78 is 5.35. The number of amides is 1. The van der Waals surface area contributed by atoms with Crippen LogP contribution in [0.1, 0.15) is 66.2 Å². The lowest BCUT2D eigenvalue weighted by Crippen LogP contribution is -2.57. The van der Waals surface area contributed by atoms with Gasteiger partial charge in [0.05, 0.1) is 25.0 Å². The average Bonchev–Trinajstić information content (AvgIpc) is 3.63. The van der Waals surface area contributed by atoms with Gasteiger partial charge in [-0.2, -0.15) is 0 Å². The van der Waals surface area contributed by atoms with Crippen molar-refractivity contribution in [3.63, 3.8) is 0 Å². The van der Waals surface area contributed by atoms with E-state index in [1.807, 2.05) is 56.4 Å². The number of hydrogen-bond acceptors (Lipinski definition) is 6. The summed E-state index contributed by atoms with van der Waals surface area (Å²) in [6, 6.07) is 11.7. The molecule has 3 aliphatic carbocycles. The van der Waals surface area contributed by atoms with Crippen LogP contribution in [0.2, 0.25) is 0 Å². The van der Waals surface area contributed by atoms with Gasteiger partial charge in [0, 0.05) is 40.7 Å². The van der Waals surface area contributed by atoms with Crippen LogP contribution in [0.15, 0.2) is 77.1 Å². The third-order valence-corrected chi connectivity index (χ3v) is 10.1. The van der Waals surface area contributed by atoms with E-state index >= 15 is 0 Å². The Kier molecular flexibility index (Phi) is 5.95. The zero-order valence-corrected chi connectivity index (χ0v) is 23.7. The first-order chi connectivity index (χ1) is 19.7. The van der Waals surface area contributed by atoms with Crippen molar-refractivity contribution < 1.29 is 14.3 Å². The Morgan fingerprint density at radius 2 is 1.85 bits per heavy atom. The van der Waals surface area contributed by atoms with E-state index in [0.717, 1.165) is 60.1 Å². The van der Waals surface area contributed by atoms with Gasteiger partial charge in [0.2, 0.25) is 5.91 Å². The lowest BCUT2D eigenvalue weighted by atomic mass is 9.71. The van der Waals surface area contributed by atoms with Crippen molar-refractivity contribution in [2.24, 2.45) is 27.5 Å².